The van der Waals surface area contributed by atoms with Gasteiger partial charge in [0.2, 0.25) is 0 Å². The summed E-state index contributed by atoms with van der Waals surface area (Å²) in [6.07, 6.45) is 7.13. The van der Waals surface area contributed by atoms with E-state index in [9.17, 15) is 5.11 Å². The smallest absolute Gasteiger partial charge is 0.120 e. The lowest BCUT2D eigenvalue weighted by Gasteiger charge is -2.31. The second-order valence-electron chi connectivity index (χ2n) is 5.06. The normalized spacial score (nSPS) is 19.4. The summed E-state index contributed by atoms with van der Waals surface area (Å²) in [5.74, 6) is 0.588. The van der Waals surface area contributed by atoms with E-state index in [4.69, 9.17) is 0 Å². The zero-order chi connectivity index (χ0) is 15.4. The molecular weight excluding hydrogens is 502 g/mol. The first-order chi connectivity index (χ1) is 10.7. The molecule has 22 heavy (non-hydrogen) atoms. The number of hydrogen-bond acceptors (Lipinski definition) is 3. The molecule has 5 heteroatoms. The highest BCUT2D eigenvalue weighted by molar-refractivity contribution is 14.2. The first-order valence-electron chi connectivity index (χ1n) is 7.12. The van der Waals surface area contributed by atoms with E-state index in [1.165, 1.54) is 12.9 Å². The van der Waals surface area contributed by atoms with Gasteiger partial charge in [0.25, 0.3) is 0 Å². The van der Waals surface area contributed by atoms with Crippen LogP contribution in [0.5, 0.6) is 0 Å². The SMILES string of the molecule is CC1=C(N2CCC(I=Cc3ccccn3)=C(O)C2)I=CC=C1. The molecule has 0 fully saturated rings. The number of hydrogen-bond donors (Lipinski definition) is 1. The molecule has 0 amide bonds. The maximum atomic E-state index is 10.4. The number of aliphatic hydroxyl groups excluding tert-OH is 1. The number of aromatic nitrogens is 1. The predicted octanol–water partition coefficient (Wildman–Crippen LogP) is 4.25. The lowest BCUT2D eigenvalue weighted by Crippen LogP contribution is -2.29. The molecule has 116 valence electrons. The fraction of sp³-hybridized carbons (Fsp3) is 0.235. The van der Waals surface area contributed by atoms with Gasteiger partial charge in [0.15, 0.2) is 0 Å². The molecule has 3 nitrogen and oxygen atoms in total. The zero-order valence-electron chi connectivity index (χ0n) is 12.3. The molecule has 2 aliphatic rings. The first kappa shape index (κ1) is 16.0. The summed E-state index contributed by atoms with van der Waals surface area (Å²) in [6, 6.07) is 5.96. The molecule has 3 heterocycles. The highest BCUT2D eigenvalue weighted by Crippen LogP contribution is 2.33. The highest BCUT2D eigenvalue weighted by atomic mass is 127. The van der Waals surface area contributed by atoms with E-state index in [0.717, 1.165) is 18.7 Å². The van der Waals surface area contributed by atoms with Crippen LogP contribution in [0.2, 0.25) is 0 Å². The number of nitrogens with zero attached hydrogens (tertiary/aromatic N) is 2. The van der Waals surface area contributed by atoms with Crippen LogP contribution in [-0.2, 0) is 0 Å². The van der Waals surface area contributed by atoms with Gasteiger partial charge in [-0.05, 0) is 39.1 Å². The Morgan fingerprint density at radius 1 is 1.41 bits per heavy atom. The third-order valence-corrected chi connectivity index (χ3v) is 9.19. The predicted molar refractivity (Wildman–Crippen MR) is 111 cm³/mol. The molecule has 3 rings (SSSR count). The molecule has 0 radical (unpaired) electrons. The summed E-state index contributed by atoms with van der Waals surface area (Å²) in [7, 11) is 0. The average Bonchev–Trinajstić information content (AvgIpc) is 2.55. The Balaban J connectivity index is 1.74. The summed E-state index contributed by atoms with van der Waals surface area (Å²) < 4.78 is 7.21. The molecule has 1 N–H and O–H groups in total. The number of rotatable bonds is 3. The molecule has 2 aliphatic heterocycles. The highest BCUT2D eigenvalue weighted by Gasteiger charge is 2.20. The molecule has 0 aromatic carbocycles. The minimum atomic E-state index is -0.278. The quantitative estimate of drug-likeness (QED) is 0.479. The molecule has 0 unspecified atom stereocenters. The maximum absolute atomic E-state index is 10.4. The van der Waals surface area contributed by atoms with Gasteiger partial charge in [-0.25, -0.2) is 0 Å². The Bertz CT molecular complexity index is 703. The van der Waals surface area contributed by atoms with Crippen LogP contribution in [0.4, 0.5) is 0 Å². The van der Waals surface area contributed by atoms with Crippen molar-refractivity contribution in [3.63, 3.8) is 0 Å². The van der Waals surface area contributed by atoms with Crippen LogP contribution in [0.3, 0.4) is 0 Å². The lowest BCUT2D eigenvalue weighted by atomic mass is 10.2. The molecular formula is C17H18I2N2O. The van der Waals surface area contributed by atoms with Gasteiger partial charge in [-0.15, -0.1) is 0 Å². The molecule has 0 saturated heterocycles. The summed E-state index contributed by atoms with van der Waals surface area (Å²) >= 11 is -0.322. The second-order valence-corrected chi connectivity index (χ2v) is 9.98. The minimum Gasteiger partial charge on any atom is -0.510 e. The van der Waals surface area contributed by atoms with E-state index < -0.39 is 0 Å². The standard InChI is InChI=1S/C17H18I2N2O/c1-13-5-4-8-18-17(13)21-10-7-15(16(22)12-21)19-11-14-6-2-3-9-20-14/h2-6,8-9,11,22H,7,10,12H2,1H3. The van der Waals surface area contributed by atoms with Crippen molar-refractivity contribution in [1.29, 1.82) is 0 Å². The third-order valence-electron chi connectivity index (χ3n) is 3.43. The van der Waals surface area contributed by atoms with Gasteiger partial charge in [0.1, 0.15) is 5.76 Å². The Kier molecular flexibility index (Phi) is 5.56. The van der Waals surface area contributed by atoms with Crippen molar-refractivity contribution in [1.82, 2.24) is 9.88 Å². The van der Waals surface area contributed by atoms with Crippen molar-refractivity contribution in [3.05, 3.63) is 60.9 Å². The largest absolute Gasteiger partial charge is 0.510 e. The summed E-state index contributed by atoms with van der Waals surface area (Å²) in [6.45, 7) is 3.89. The average molecular weight is 520 g/mol. The van der Waals surface area contributed by atoms with Gasteiger partial charge >= 0.3 is 0 Å². The molecule has 1 aromatic rings. The van der Waals surface area contributed by atoms with Crippen molar-refractivity contribution >= 4 is 49.5 Å². The fourth-order valence-corrected chi connectivity index (χ4v) is 6.70. The molecule has 0 bridgehead atoms. The first-order valence-corrected chi connectivity index (χ1v) is 11.8. The summed E-state index contributed by atoms with van der Waals surface area (Å²) in [4.78, 5) is 6.70. The summed E-state index contributed by atoms with van der Waals surface area (Å²) in [5.41, 5.74) is 2.38. The van der Waals surface area contributed by atoms with Crippen LogP contribution in [0.1, 0.15) is 19.0 Å². The van der Waals surface area contributed by atoms with Gasteiger partial charge in [-0.1, -0.05) is 59.7 Å². The van der Waals surface area contributed by atoms with Crippen LogP contribution in [-0.4, -0.2) is 36.1 Å². The van der Waals surface area contributed by atoms with E-state index in [-0.39, 0.29) is 41.5 Å². The Hall–Kier alpha value is -0.830. The Labute approximate surface area is 150 Å². The zero-order valence-corrected chi connectivity index (χ0v) is 16.7. The topological polar surface area (TPSA) is 36.4 Å². The van der Waals surface area contributed by atoms with Crippen LogP contribution in [0.25, 0.3) is 0 Å². The number of pyridine rings is 1. The van der Waals surface area contributed by atoms with E-state index in [2.05, 4.69) is 37.0 Å². The summed E-state index contributed by atoms with van der Waals surface area (Å²) in [5, 5.41) is 10.4. The fourth-order valence-electron chi connectivity index (χ4n) is 2.32. The molecule has 1 aromatic heterocycles. The van der Waals surface area contributed by atoms with E-state index in [1.54, 1.807) is 0 Å². The Morgan fingerprint density at radius 3 is 3.05 bits per heavy atom. The van der Waals surface area contributed by atoms with Gasteiger partial charge in [-0.3, -0.25) is 4.98 Å². The number of halogens is 2. The lowest BCUT2D eigenvalue weighted by molar-refractivity contribution is 0.290. The van der Waals surface area contributed by atoms with Crippen molar-refractivity contribution in [2.45, 2.75) is 13.3 Å². The third kappa shape index (κ3) is 3.92. The molecule has 0 atom stereocenters. The van der Waals surface area contributed by atoms with Gasteiger partial charge in [-0.2, -0.15) is 0 Å². The second kappa shape index (κ2) is 7.63. The van der Waals surface area contributed by atoms with Crippen molar-refractivity contribution in [3.8, 4) is 0 Å². The molecule has 0 saturated carbocycles. The molecule has 0 spiro atoms. The van der Waals surface area contributed by atoms with Crippen molar-refractivity contribution in [2.24, 2.45) is 0 Å². The van der Waals surface area contributed by atoms with Crippen LogP contribution in [0, 0.1) is 0 Å². The maximum Gasteiger partial charge on any atom is 0.120 e. The van der Waals surface area contributed by atoms with Crippen LogP contribution >= 0.6 is 41.5 Å². The van der Waals surface area contributed by atoms with E-state index in [1.807, 2.05) is 24.4 Å². The van der Waals surface area contributed by atoms with Gasteiger partial charge in [0, 0.05) is 16.3 Å². The van der Waals surface area contributed by atoms with Gasteiger partial charge in [0.05, 0.1) is 15.9 Å². The van der Waals surface area contributed by atoms with E-state index in [0.29, 0.717) is 12.3 Å². The molecule has 0 aliphatic carbocycles. The van der Waals surface area contributed by atoms with Crippen molar-refractivity contribution in [2.75, 3.05) is 13.1 Å². The number of aliphatic hydroxyl groups is 1. The van der Waals surface area contributed by atoms with Crippen LogP contribution < -0.4 is 0 Å². The van der Waals surface area contributed by atoms with Crippen molar-refractivity contribution < 1.29 is 5.11 Å². The van der Waals surface area contributed by atoms with E-state index >= 15 is 0 Å². The number of allylic oxidation sites excluding steroid dienone is 3. The van der Waals surface area contributed by atoms with Crippen LogP contribution in [0.15, 0.2) is 55.2 Å². The Morgan fingerprint density at radius 2 is 2.32 bits per heavy atom. The van der Waals surface area contributed by atoms with Gasteiger partial charge < -0.3 is 10.0 Å². The monoisotopic (exact) mass is 520 g/mol. The minimum absolute atomic E-state index is 0.0444.